The first-order chi connectivity index (χ1) is 15.5. The van der Waals surface area contributed by atoms with Crippen LogP contribution in [0.2, 0.25) is 0 Å². The summed E-state index contributed by atoms with van der Waals surface area (Å²) in [5.74, 6) is 0.537. The van der Waals surface area contributed by atoms with E-state index in [1.54, 1.807) is 17.0 Å². The van der Waals surface area contributed by atoms with Crippen LogP contribution >= 0.6 is 0 Å². The van der Waals surface area contributed by atoms with Crippen molar-refractivity contribution in [2.45, 2.75) is 52.0 Å². The summed E-state index contributed by atoms with van der Waals surface area (Å²) in [7, 11) is 0. The lowest BCUT2D eigenvalue weighted by Gasteiger charge is -2.37. The van der Waals surface area contributed by atoms with Gasteiger partial charge in [-0.05, 0) is 49.3 Å². The van der Waals surface area contributed by atoms with E-state index in [0.29, 0.717) is 25.2 Å². The van der Waals surface area contributed by atoms with Crippen molar-refractivity contribution >= 4 is 17.8 Å². The second-order valence-corrected chi connectivity index (χ2v) is 8.86. The molecule has 1 heterocycles. The van der Waals surface area contributed by atoms with Crippen LogP contribution < -0.4 is 16.0 Å². The van der Waals surface area contributed by atoms with Crippen molar-refractivity contribution in [3.63, 3.8) is 0 Å². The van der Waals surface area contributed by atoms with Gasteiger partial charge >= 0.3 is 0 Å². The first-order valence-electron chi connectivity index (χ1n) is 11.8. The van der Waals surface area contributed by atoms with E-state index in [2.05, 4.69) is 16.0 Å². The molecule has 2 aliphatic rings. The molecule has 8 heteroatoms. The van der Waals surface area contributed by atoms with Crippen molar-refractivity contribution in [1.29, 1.82) is 0 Å². The molecule has 1 aromatic rings. The van der Waals surface area contributed by atoms with E-state index in [9.17, 15) is 14.7 Å². The van der Waals surface area contributed by atoms with Crippen LogP contribution in [-0.4, -0.2) is 67.1 Å². The van der Waals surface area contributed by atoms with Crippen LogP contribution in [0.3, 0.4) is 0 Å². The van der Waals surface area contributed by atoms with E-state index >= 15 is 0 Å². The van der Waals surface area contributed by atoms with Crippen LogP contribution in [0.25, 0.3) is 0 Å². The van der Waals surface area contributed by atoms with Crippen LogP contribution in [0.15, 0.2) is 29.3 Å². The molecule has 1 saturated heterocycles. The largest absolute Gasteiger partial charge is 0.396 e. The standard InChI is InChI=1S/C24H37N5O3/c1-2-25-23(28-18-24(12-15-30)10-4-3-5-11-24)27-16-19-6-8-20(9-7-19)22(32)29-14-13-26-21(31)17-29/h6-9,30H,2-5,10-18H2,1H3,(H,26,31)(H2,25,27,28). The normalized spacial score (nSPS) is 18.8. The van der Waals surface area contributed by atoms with E-state index in [0.717, 1.165) is 43.9 Å². The molecule has 3 rings (SSSR count). The number of hydrogen-bond donors (Lipinski definition) is 4. The average Bonchev–Trinajstić information content (AvgIpc) is 2.81. The van der Waals surface area contributed by atoms with Gasteiger partial charge in [0.1, 0.15) is 0 Å². The number of carbonyl (C=O) groups excluding carboxylic acids is 2. The molecule has 2 amide bonds. The minimum atomic E-state index is -0.119. The predicted octanol–water partition coefficient (Wildman–Crippen LogP) is 1.65. The first-order valence-corrected chi connectivity index (χ1v) is 11.8. The molecule has 8 nitrogen and oxygen atoms in total. The number of aliphatic hydroxyl groups excluding tert-OH is 1. The van der Waals surface area contributed by atoms with Gasteiger partial charge in [0, 0.05) is 38.3 Å². The number of nitrogens with one attached hydrogen (secondary N) is 3. The zero-order chi connectivity index (χ0) is 22.8. The maximum absolute atomic E-state index is 12.6. The van der Waals surface area contributed by atoms with Crippen LogP contribution in [0.4, 0.5) is 0 Å². The van der Waals surface area contributed by atoms with E-state index in [-0.39, 0.29) is 30.4 Å². The fourth-order valence-electron chi connectivity index (χ4n) is 4.58. The van der Waals surface area contributed by atoms with Gasteiger partial charge in [0.2, 0.25) is 5.91 Å². The van der Waals surface area contributed by atoms with Gasteiger partial charge in [-0.25, -0.2) is 4.99 Å². The summed E-state index contributed by atoms with van der Waals surface area (Å²) in [6, 6.07) is 7.44. The van der Waals surface area contributed by atoms with Gasteiger partial charge in [0.25, 0.3) is 5.91 Å². The summed E-state index contributed by atoms with van der Waals surface area (Å²) in [4.78, 5) is 30.4. The van der Waals surface area contributed by atoms with Gasteiger partial charge in [0.15, 0.2) is 5.96 Å². The minimum Gasteiger partial charge on any atom is -0.396 e. The Labute approximate surface area is 190 Å². The molecule has 32 heavy (non-hydrogen) atoms. The predicted molar refractivity (Wildman–Crippen MR) is 125 cm³/mol. The number of rotatable bonds is 8. The molecule has 0 aromatic heterocycles. The Kier molecular flexibility index (Phi) is 8.90. The minimum absolute atomic E-state index is 0.111. The SMILES string of the molecule is CCNC(=NCc1ccc(C(=O)N2CCNC(=O)C2)cc1)NCC1(CCO)CCCCC1. The fourth-order valence-corrected chi connectivity index (χ4v) is 4.58. The number of piperazine rings is 1. The van der Waals surface area contributed by atoms with Crippen molar-refractivity contribution in [2.75, 3.05) is 39.3 Å². The van der Waals surface area contributed by atoms with Crippen molar-refractivity contribution in [2.24, 2.45) is 10.4 Å². The first kappa shape index (κ1) is 24.0. The molecule has 0 radical (unpaired) electrons. The summed E-state index contributed by atoms with van der Waals surface area (Å²) in [5.41, 5.74) is 1.75. The monoisotopic (exact) mass is 443 g/mol. The lowest BCUT2D eigenvalue weighted by molar-refractivity contribution is -0.123. The Morgan fingerprint density at radius 1 is 1.19 bits per heavy atom. The number of guanidine groups is 1. The highest BCUT2D eigenvalue weighted by molar-refractivity contribution is 5.97. The van der Waals surface area contributed by atoms with Crippen LogP contribution in [0.1, 0.15) is 61.4 Å². The van der Waals surface area contributed by atoms with Crippen LogP contribution in [0.5, 0.6) is 0 Å². The van der Waals surface area contributed by atoms with E-state index in [1.165, 1.54) is 19.3 Å². The fraction of sp³-hybridized carbons (Fsp3) is 0.625. The number of benzene rings is 1. The molecule has 0 bridgehead atoms. The second kappa shape index (κ2) is 11.9. The van der Waals surface area contributed by atoms with Crippen molar-refractivity contribution < 1.29 is 14.7 Å². The smallest absolute Gasteiger partial charge is 0.254 e. The zero-order valence-corrected chi connectivity index (χ0v) is 19.2. The summed E-state index contributed by atoms with van der Waals surface area (Å²) in [5, 5.41) is 19.1. The van der Waals surface area contributed by atoms with Gasteiger partial charge < -0.3 is 26.0 Å². The Bertz CT molecular complexity index is 782. The third-order valence-electron chi connectivity index (χ3n) is 6.48. The molecule has 0 atom stereocenters. The van der Waals surface area contributed by atoms with E-state index in [1.807, 2.05) is 19.1 Å². The average molecular weight is 444 g/mol. The number of hydrogen-bond acceptors (Lipinski definition) is 4. The number of aliphatic hydroxyl groups is 1. The molecule has 2 fully saturated rings. The Morgan fingerprint density at radius 2 is 1.94 bits per heavy atom. The maximum Gasteiger partial charge on any atom is 0.254 e. The van der Waals surface area contributed by atoms with Crippen LogP contribution in [0, 0.1) is 5.41 Å². The molecule has 1 aromatic carbocycles. The zero-order valence-electron chi connectivity index (χ0n) is 19.2. The van der Waals surface area contributed by atoms with E-state index < -0.39 is 0 Å². The maximum atomic E-state index is 12.6. The molecular weight excluding hydrogens is 406 g/mol. The number of nitrogens with zero attached hydrogens (tertiary/aromatic N) is 2. The number of aliphatic imine (C=N–C) groups is 1. The van der Waals surface area contributed by atoms with Gasteiger partial charge in [-0.2, -0.15) is 0 Å². The lowest BCUT2D eigenvalue weighted by atomic mass is 9.72. The third-order valence-corrected chi connectivity index (χ3v) is 6.48. The highest BCUT2D eigenvalue weighted by atomic mass is 16.3. The van der Waals surface area contributed by atoms with Crippen molar-refractivity contribution in [3.05, 3.63) is 35.4 Å². The van der Waals surface area contributed by atoms with E-state index in [4.69, 9.17) is 4.99 Å². The molecular formula is C24H37N5O3. The van der Waals surface area contributed by atoms with Gasteiger partial charge in [-0.1, -0.05) is 31.4 Å². The molecule has 4 N–H and O–H groups in total. The molecule has 1 aliphatic heterocycles. The summed E-state index contributed by atoms with van der Waals surface area (Å²) in [6.45, 7) is 5.50. The summed E-state index contributed by atoms with van der Waals surface area (Å²) >= 11 is 0. The molecule has 0 unspecified atom stereocenters. The highest BCUT2D eigenvalue weighted by Crippen LogP contribution is 2.38. The Morgan fingerprint density at radius 3 is 2.59 bits per heavy atom. The van der Waals surface area contributed by atoms with Gasteiger partial charge in [0.05, 0.1) is 13.1 Å². The summed E-state index contributed by atoms with van der Waals surface area (Å²) < 4.78 is 0. The highest BCUT2D eigenvalue weighted by Gasteiger charge is 2.31. The third kappa shape index (κ3) is 6.69. The topological polar surface area (TPSA) is 106 Å². The lowest BCUT2D eigenvalue weighted by Crippen LogP contribution is -2.49. The molecule has 1 aliphatic carbocycles. The quantitative estimate of drug-likeness (QED) is 0.361. The Hall–Kier alpha value is -2.61. The van der Waals surface area contributed by atoms with Crippen molar-refractivity contribution in [3.8, 4) is 0 Å². The molecule has 1 saturated carbocycles. The van der Waals surface area contributed by atoms with Gasteiger partial charge in [-0.15, -0.1) is 0 Å². The Balaban J connectivity index is 1.58. The van der Waals surface area contributed by atoms with Gasteiger partial charge in [-0.3, -0.25) is 9.59 Å². The molecule has 0 spiro atoms. The summed E-state index contributed by atoms with van der Waals surface area (Å²) in [6.07, 6.45) is 6.85. The van der Waals surface area contributed by atoms with Crippen molar-refractivity contribution in [1.82, 2.24) is 20.9 Å². The number of carbonyl (C=O) groups is 2. The molecule has 176 valence electrons. The van der Waals surface area contributed by atoms with Crippen LogP contribution in [-0.2, 0) is 11.3 Å². The number of amides is 2. The second-order valence-electron chi connectivity index (χ2n) is 8.86.